The van der Waals surface area contributed by atoms with Crippen LogP contribution in [0, 0.1) is 6.92 Å². The van der Waals surface area contributed by atoms with Crippen molar-refractivity contribution in [2.45, 2.75) is 39.0 Å². The molecule has 7 nitrogen and oxygen atoms in total. The molecule has 1 aliphatic carbocycles. The van der Waals surface area contributed by atoms with Gasteiger partial charge in [-0.05, 0) is 51.8 Å². The normalized spacial score (nSPS) is 17.2. The quantitative estimate of drug-likeness (QED) is 0.761. The number of nitrogens with zero attached hydrogens (tertiary/aromatic N) is 5. The fourth-order valence-corrected chi connectivity index (χ4v) is 5.03. The highest BCUT2D eigenvalue weighted by Crippen LogP contribution is 2.42. The maximum atomic E-state index is 12.4. The number of aryl methyl sites for hydroxylation is 2. The second-order valence-corrected chi connectivity index (χ2v) is 8.38. The number of rotatable bonds is 4. The van der Waals surface area contributed by atoms with Gasteiger partial charge in [-0.15, -0.1) is 16.4 Å². The van der Waals surface area contributed by atoms with Gasteiger partial charge in [0.15, 0.2) is 5.65 Å². The molecule has 0 aromatic carbocycles. The fraction of sp³-hybridized carbons (Fsp3) is 0.556. The molecule has 0 saturated carbocycles. The lowest BCUT2D eigenvalue weighted by molar-refractivity contribution is 0.0941. The van der Waals surface area contributed by atoms with Gasteiger partial charge in [0, 0.05) is 18.0 Å². The van der Waals surface area contributed by atoms with Crippen molar-refractivity contribution < 1.29 is 4.79 Å². The summed E-state index contributed by atoms with van der Waals surface area (Å²) >= 11 is 1.77. The van der Waals surface area contributed by atoms with E-state index in [-0.39, 0.29) is 11.7 Å². The second kappa shape index (κ2) is 6.59. The topological polar surface area (TPSA) is 75.4 Å². The van der Waals surface area contributed by atoms with Gasteiger partial charge in [-0.3, -0.25) is 4.79 Å². The highest BCUT2D eigenvalue weighted by molar-refractivity contribution is 7.19. The zero-order valence-corrected chi connectivity index (χ0v) is 16.5. The number of nitrogens with one attached hydrogen (secondary N) is 1. The van der Waals surface area contributed by atoms with E-state index in [9.17, 15) is 4.79 Å². The molecular formula is C18H24N6OS. The van der Waals surface area contributed by atoms with E-state index in [1.807, 2.05) is 25.9 Å². The van der Waals surface area contributed by atoms with Crippen LogP contribution >= 0.6 is 11.3 Å². The first-order valence-electron chi connectivity index (χ1n) is 9.07. The highest BCUT2D eigenvalue weighted by atomic mass is 32.1. The average Bonchev–Trinajstić information content (AvgIpc) is 3.16. The molecule has 0 spiro atoms. The molecule has 3 aromatic heterocycles. The molecule has 138 valence electrons. The molecule has 0 saturated heterocycles. The third kappa shape index (κ3) is 2.87. The van der Waals surface area contributed by atoms with Crippen molar-refractivity contribution in [3.8, 4) is 0 Å². The zero-order chi connectivity index (χ0) is 18.4. The smallest absolute Gasteiger partial charge is 0.291 e. The molecule has 0 aliphatic heterocycles. The van der Waals surface area contributed by atoms with Crippen LogP contribution in [-0.4, -0.2) is 57.6 Å². The van der Waals surface area contributed by atoms with Crippen LogP contribution in [0.5, 0.6) is 0 Å². The van der Waals surface area contributed by atoms with Gasteiger partial charge in [0.25, 0.3) is 5.91 Å². The monoisotopic (exact) mass is 372 g/mol. The average molecular weight is 372 g/mol. The summed E-state index contributed by atoms with van der Waals surface area (Å²) in [4.78, 5) is 26.2. The lowest BCUT2D eigenvalue weighted by Gasteiger charge is -2.18. The van der Waals surface area contributed by atoms with Crippen LogP contribution in [0.15, 0.2) is 0 Å². The molecule has 3 aromatic rings. The first-order chi connectivity index (χ1) is 12.5. The van der Waals surface area contributed by atoms with Gasteiger partial charge in [-0.2, -0.15) is 4.52 Å². The van der Waals surface area contributed by atoms with E-state index in [4.69, 9.17) is 4.98 Å². The molecule has 1 aliphatic rings. The van der Waals surface area contributed by atoms with E-state index in [0.29, 0.717) is 12.5 Å². The predicted molar refractivity (Wildman–Crippen MR) is 103 cm³/mol. The van der Waals surface area contributed by atoms with Gasteiger partial charge >= 0.3 is 0 Å². The minimum Gasteiger partial charge on any atom is -0.348 e. The number of amides is 1. The summed E-state index contributed by atoms with van der Waals surface area (Å²) in [6.07, 6.45) is 3.52. The van der Waals surface area contributed by atoms with E-state index in [0.717, 1.165) is 34.7 Å². The summed E-state index contributed by atoms with van der Waals surface area (Å²) in [6.45, 7) is 5.53. The van der Waals surface area contributed by atoms with Crippen molar-refractivity contribution in [2.24, 2.45) is 0 Å². The minimum atomic E-state index is -0.236. The Morgan fingerprint density at radius 1 is 1.38 bits per heavy atom. The van der Waals surface area contributed by atoms with Crippen LogP contribution in [-0.2, 0) is 6.42 Å². The molecule has 0 radical (unpaired) electrons. The summed E-state index contributed by atoms with van der Waals surface area (Å²) in [7, 11) is 3.95. The maximum Gasteiger partial charge on any atom is 0.291 e. The number of fused-ring (bicyclic) bond motifs is 5. The van der Waals surface area contributed by atoms with E-state index in [1.165, 1.54) is 23.3 Å². The Hall–Kier alpha value is -2.06. The van der Waals surface area contributed by atoms with E-state index < -0.39 is 0 Å². The van der Waals surface area contributed by atoms with Crippen molar-refractivity contribution in [1.82, 2.24) is 29.8 Å². The Kier molecular flexibility index (Phi) is 4.40. The Bertz CT molecular complexity index is 989. The summed E-state index contributed by atoms with van der Waals surface area (Å²) < 4.78 is 1.72. The lowest BCUT2D eigenvalue weighted by atomic mass is 9.87. The van der Waals surface area contributed by atoms with Gasteiger partial charge in [-0.1, -0.05) is 6.92 Å². The van der Waals surface area contributed by atoms with Gasteiger partial charge in [0.1, 0.15) is 10.7 Å². The zero-order valence-electron chi connectivity index (χ0n) is 15.7. The Morgan fingerprint density at radius 3 is 2.96 bits per heavy atom. The number of likely N-dealkylation sites (N-methyl/N-ethyl adjacent to an activating group) is 1. The summed E-state index contributed by atoms with van der Waals surface area (Å²) in [5.41, 5.74) is 2.12. The summed E-state index contributed by atoms with van der Waals surface area (Å²) in [6, 6.07) is 0. The van der Waals surface area contributed by atoms with Crippen molar-refractivity contribution in [3.05, 3.63) is 22.1 Å². The van der Waals surface area contributed by atoms with Crippen LogP contribution in [0.4, 0.5) is 0 Å². The molecular weight excluding hydrogens is 348 g/mol. The van der Waals surface area contributed by atoms with Gasteiger partial charge in [-0.25, -0.2) is 9.97 Å². The van der Waals surface area contributed by atoms with Crippen molar-refractivity contribution >= 4 is 33.1 Å². The third-order valence-corrected chi connectivity index (χ3v) is 6.14. The Morgan fingerprint density at radius 2 is 2.19 bits per heavy atom. The van der Waals surface area contributed by atoms with Crippen molar-refractivity contribution in [2.75, 3.05) is 27.2 Å². The van der Waals surface area contributed by atoms with Gasteiger partial charge in [0.05, 0.1) is 5.39 Å². The standard InChI is InChI=1S/C18H24N6OS/c1-10-6-5-7-12-13(10)14-16-21-15(17(25)19-8-9-23(3)4)22-24(16)11(2)20-18(14)26-12/h10H,5-9H2,1-4H3,(H,19,25)/t10-/m0/s1. The van der Waals surface area contributed by atoms with Gasteiger partial charge < -0.3 is 10.2 Å². The molecule has 3 heterocycles. The SMILES string of the molecule is Cc1nc2sc3c(c2c2nc(C(=O)NCCN(C)C)nn12)[C@@H](C)CCC3. The number of carbonyl (C=O) groups excluding carboxylic acids is 1. The largest absolute Gasteiger partial charge is 0.348 e. The fourth-order valence-electron chi connectivity index (χ4n) is 3.65. The number of carbonyl (C=O) groups is 1. The van der Waals surface area contributed by atoms with E-state index >= 15 is 0 Å². The lowest BCUT2D eigenvalue weighted by Crippen LogP contribution is -2.32. The molecule has 8 heteroatoms. The van der Waals surface area contributed by atoms with Crippen molar-refractivity contribution in [1.29, 1.82) is 0 Å². The first kappa shape index (κ1) is 17.4. The van der Waals surface area contributed by atoms with Crippen LogP contribution in [0.1, 0.15) is 52.6 Å². The molecule has 0 bridgehead atoms. The second-order valence-electron chi connectivity index (χ2n) is 7.30. The van der Waals surface area contributed by atoms with Gasteiger partial charge in [0.2, 0.25) is 5.82 Å². The molecule has 1 amide bonds. The number of hydrogen-bond donors (Lipinski definition) is 1. The minimum absolute atomic E-state index is 0.213. The molecule has 1 N–H and O–H groups in total. The van der Waals surface area contributed by atoms with Crippen LogP contribution in [0.25, 0.3) is 15.9 Å². The number of hydrogen-bond acceptors (Lipinski definition) is 6. The Labute approximate surface area is 156 Å². The molecule has 0 unspecified atom stereocenters. The Balaban J connectivity index is 1.79. The van der Waals surface area contributed by atoms with E-state index in [2.05, 4.69) is 22.3 Å². The van der Waals surface area contributed by atoms with Crippen LogP contribution in [0.2, 0.25) is 0 Å². The molecule has 1 atom stereocenters. The van der Waals surface area contributed by atoms with Crippen LogP contribution in [0.3, 0.4) is 0 Å². The van der Waals surface area contributed by atoms with Crippen molar-refractivity contribution in [3.63, 3.8) is 0 Å². The molecule has 26 heavy (non-hydrogen) atoms. The summed E-state index contributed by atoms with van der Waals surface area (Å²) in [5, 5.41) is 8.41. The molecule has 0 fully saturated rings. The number of aromatic nitrogens is 4. The third-order valence-electron chi connectivity index (χ3n) is 4.99. The summed E-state index contributed by atoms with van der Waals surface area (Å²) in [5.74, 6) is 1.23. The maximum absolute atomic E-state index is 12.4. The number of thiophene rings is 1. The van der Waals surface area contributed by atoms with Crippen LogP contribution < -0.4 is 5.32 Å². The molecule has 4 rings (SSSR count). The first-order valence-corrected chi connectivity index (χ1v) is 9.89. The van der Waals surface area contributed by atoms with E-state index in [1.54, 1.807) is 15.9 Å². The predicted octanol–water partition coefficient (Wildman–Crippen LogP) is 2.38. The highest BCUT2D eigenvalue weighted by Gasteiger charge is 2.26.